The van der Waals surface area contributed by atoms with Crippen LogP contribution in [0.15, 0.2) is 29.9 Å². The SMILES string of the molecule is Cc1cccc2c1CCN(C(=O)c1csc(-c3ncn[nH]3)n1)C2. The van der Waals surface area contributed by atoms with Crippen molar-refractivity contribution in [2.24, 2.45) is 0 Å². The molecule has 0 saturated carbocycles. The van der Waals surface area contributed by atoms with Gasteiger partial charge in [-0.3, -0.25) is 9.89 Å². The molecule has 6 nitrogen and oxygen atoms in total. The van der Waals surface area contributed by atoms with Crippen LogP contribution in [-0.4, -0.2) is 37.5 Å². The molecule has 0 atom stereocenters. The van der Waals surface area contributed by atoms with Crippen molar-refractivity contribution in [2.45, 2.75) is 19.9 Å². The van der Waals surface area contributed by atoms with Crippen molar-refractivity contribution in [2.75, 3.05) is 6.54 Å². The van der Waals surface area contributed by atoms with Gasteiger partial charge in [0, 0.05) is 18.5 Å². The summed E-state index contributed by atoms with van der Waals surface area (Å²) in [5, 5.41) is 9.04. The van der Waals surface area contributed by atoms with Crippen molar-refractivity contribution < 1.29 is 4.79 Å². The van der Waals surface area contributed by atoms with E-state index in [0.717, 1.165) is 13.0 Å². The van der Waals surface area contributed by atoms with Gasteiger partial charge in [-0.25, -0.2) is 9.97 Å². The molecule has 0 radical (unpaired) electrons. The lowest BCUT2D eigenvalue weighted by Gasteiger charge is -2.29. The summed E-state index contributed by atoms with van der Waals surface area (Å²) in [5.74, 6) is 0.563. The molecule has 0 aliphatic carbocycles. The highest BCUT2D eigenvalue weighted by molar-refractivity contribution is 7.13. The predicted octanol–water partition coefficient (Wildman–Crippen LogP) is 2.44. The first kappa shape index (κ1) is 14.1. The van der Waals surface area contributed by atoms with Crippen LogP contribution in [-0.2, 0) is 13.0 Å². The summed E-state index contributed by atoms with van der Waals surface area (Å²) in [6.45, 7) is 3.50. The zero-order valence-electron chi connectivity index (χ0n) is 12.6. The minimum Gasteiger partial charge on any atom is -0.333 e. The summed E-state index contributed by atoms with van der Waals surface area (Å²) >= 11 is 1.40. The summed E-state index contributed by atoms with van der Waals surface area (Å²) in [4.78, 5) is 23.0. The molecule has 1 aliphatic heterocycles. The van der Waals surface area contributed by atoms with E-state index in [1.54, 1.807) is 5.38 Å². The largest absolute Gasteiger partial charge is 0.333 e. The normalized spacial score (nSPS) is 13.9. The molecule has 116 valence electrons. The van der Waals surface area contributed by atoms with Crippen LogP contribution in [0.3, 0.4) is 0 Å². The minimum absolute atomic E-state index is 0.0285. The molecule has 1 N–H and O–H groups in total. The molecule has 3 heterocycles. The van der Waals surface area contributed by atoms with Crippen LogP contribution >= 0.6 is 11.3 Å². The van der Waals surface area contributed by atoms with E-state index in [1.807, 2.05) is 11.0 Å². The Morgan fingerprint density at radius 1 is 1.39 bits per heavy atom. The number of aromatic nitrogens is 4. The number of rotatable bonds is 2. The second-order valence-corrected chi connectivity index (χ2v) is 6.42. The maximum atomic E-state index is 12.7. The Bertz CT molecular complexity index is 855. The molecule has 0 unspecified atom stereocenters. The average Bonchev–Trinajstić information content (AvgIpc) is 3.25. The first-order valence-corrected chi connectivity index (χ1v) is 8.28. The highest BCUT2D eigenvalue weighted by Gasteiger charge is 2.24. The molecular weight excluding hydrogens is 310 g/mol. The second kappa shape index (κ2) is 5.58. The highest BCUT2D eigenvalue weighted by atomic mass is 32.1. The van der Waals surface area contributed by atoms with Crippen molar-refractivity contribution >= 4 is 17.2 Å². The van der Waals surface area contributed by atoms with Gasteiger partial charge in [0.1, 0.15) is 12.0 Å². The number of benzene rings is 1. The average molecular weight is 325 g/mol. The van der Waals surface area contributed by atoms with Crippen molar-refractivity contribution in [1.82, 2.24) is 25.1 Å². The molecule has 0 fully saturated rings. The molecule has 2 aromatic heterocycles. The number of carbonyl (C=O) groups excluding carboxylic acids is 1. The van der Waals surface area contributed by atoms with Crippen LogP contribution in [0.2, 0.25) is 0 Å². The van der Waals surface area contributed by atoms with E-state index >= 15 is 0 Å². The minimum atomic E-state index is -0.0285. The van der Waals surface area contributed by atoms with E-state index in [-0.39, 0.29) is 5.91 Å². The molecular formula is C16H15N5OS. The Balaban J connectivity index is 1.56. The Morgan fingerprint density at radius 3 is 3.13 bits per heavy atom. The second-order valence-electron chi connectivity index (χ2n) is 5.56. The maximum absolute atomic E-state index is 12.7. The highest BCUT2D eigenvalue weighted by Crippen LogP contribution is 2.25. The number of aryl methyl sites for hydroxylation is 1. The number of nitrogens with zero attached hydrogens (tertiary/aromatic N) is 4. The molecule has 0 bridgehead atoms. The number of hydrogen-bond donors (Lipinski definition) is 1. The van der Waals surface area contributed by atoms with Crippen LogP contribution in [0.5, 0.6) is 0 Å². The van der Waals surface area contributed by atoms with Crippen LogP contribution in [0.1, 0.15) is 27.2 Å². The standard InChI is InChI=1S/C16H15N5OS/c1-10-3-2-4-11-7-21(6-5-12(10)11)16(22)13-8-23-15(19-13)14-17-9-18-20-14/h2-4,8-9H,5-7H2,1H3,(H,17,18,20). The summed E-state index contributed by atoms with van der Waals surface area (Å²) in [6, 6.07) is 6.27. The molecule has 0 saturated heterocycles. The molecule has 7 heteroatoms. The summed E-state index contributed by atoms with van der Waals surface area (Å²) in [5.41, 5.74) is 4.38. The van der Waals surface area contributed by atoms with Crippen molar-refractivity contribution in [3.63, 3.8) is 0 Å². The van der Waals surface area contributed by atoms with E-state index in [2.05, 4.69) is 39.2 Å². The van der Waals surface area contributed by atoms with Crippen molar-refractivity contribution in [3.8, 4) is 10.8 Å². The Morgan fingerprint density at radius 2 is 2.30 bits per heavy atom. The van der Waals surface area contributed by atoms with Crippen LogP contribution in [0, 0.1) is 6.92 Å². The van der Waals surface area contributed by atoms with E-state index in [9.17, 15) is 4.79 Å². The smallest absolute Gasteiger partial charge is 0.273 e. The van der Waals surface area contributed by atoms with Crippen LogP contribution in [0.25, 0.3) is 10.8 Å². The molecule has 0 spiro atoms. The fourth-order valence-corrected chi connectivity index (χ4v) is 3.66. The van der Waals surface area contributed by atoms with Gasteiger partial charge < -0.3 is 4.90 Å². The van der Waals surface area contributed by atoms with Gasteiger partial charge in [0.15, 0.2) is 10.8 Å². The number of fused-ring (bicyclic) bond motifs is 1. The molecule has 1 amide bonds. The fourth-order valence-electron chi connectivity index (χ4n) is 2.92. The maximum Gasteiger partial charge on any atom is 0.273 e. The van der Waals surface area contributed by atoms with Crippen LogP contribution in [0.4, 0.5) is 0 Å². The zero-order chi connectivity index (χ0) is 15.8. The fraction of sp³-hybridized carbons (Fsp3) is 0.250. The van der Waals surface area contributed by atoms with E-state index in [1.165, 1.54) is 34.4 Å². The Labute approximate surface area is 137 Å². The third kappa shape index (κ3) is 2.53. The summed E-state index contributed by atoms with van der Waals surface area (Å²) < 4.78 is 0. The summed E-state index contributed by atoms with van der Waals surface area (Å²) in [7, 11) is 0. The van der Waals surface area contributed by atoms with Crippen LogP contribution < -0.4 is 0 Å². The monoisotopic (exact) mass is 325 g/mol. The van der Waals surface area contributed by atoms with E-state index in [4.69, 9.17) is 0 Å². The third-order valence-corrected chi connectivity index (χ3v) is 4.98. The molecule has 1 aliphatic rings. The van der Waals surface area contributed by atoms with Gasteiger partial charge in [-0.1, -0.05) is 18.2 Å². The molecule has 3 aromatic rings. The lowest BCUT2D eigenvalue weighted by Crippen LogP contribution is -2.36. The summed E-state index contributed by atoms with van der Waals surface area (Å²) in [6.07, 6.45) is 2.33. The predicted molar refractivity (Wildman–Crippen MR) is 87.1 cm³/mol. The van der Waals surface area contributed by atoms with Crippen molar-refractivity contribution in [1.29, 1.82) is 0 Å². The Kier molecular flexibility index (Phi) is 3.42. The number of thiazole rings is 1. The van der Waals surface area contributed by atoms with Gasteiger partial charge in [0.25, 0.3) is 5.91 Å². The van der Waals surface area contributed by atoms with Gasteiger partial charge in [-0.2, -0.15) is 5.10 Å². The number of nitrogens with one attached hydrogen (secondary N) is 1. The molecule has 4 rings (SSSR count). The lowest BCUT2D eigenvalue weighted by molar-refractivity contribution is 0.0729. The zero-order valence-corrected chi connectivity index (χ0v) is 13.4. The molecule has 23 heavy (non-hydrogen) atoms. The van der Waals surface area contributed by atoms with Crippen molar-refractivity contribution in [3.05, 3.63) is 52.3 Å². The first-order valence-electron chi connectivity index (χ1n) is 7.40. The topological polar surface area (TPSA) is 74.8 Å². The number of carbonyl (C=O) groups is 1. The first-order chi connectivity index (χ1) is 11.2. The lowest BCUT2D eigenvalue weighted by atomic mass is 9.95. The third-order valence-electron chi connectivity index (χ3n) is 4.13. The molecule has 1 aromatic carbocycles. The number of amides is 1. The Hall–Kier alpha value is -2.54. The number of H-pyrrole nitrogens is 1. The van der Waals surface area contributed by atoms with Gasteiger partial charge >= 0.3 is 0 Å². The number of hydrogen-bond acceptors (Lipinski definition) is 5. The van der Waals surface area contributed by atoms with Gasteiger partial charge in [-0.05, 0) is 30.0 Å². The number of aromatic amines is 1. The van der Waals surface area contributed by atoms with Gasteiger partial charge in [0.05, 0.1) is 0 Å². The van der Waals surface area contributed by atoms with E-state index < -0.39 is 0 Å². The van der Waals surface area contributed by atoms with E-state index in [0.29, 0.717) is 23.1 Å². The quantitative estimate of drug-likeness (QED) is 0.785. The van der Waals surface area contributed by atoms with Gasteiger partial charge in [0.2, 0.25) is 0 Å². The van der Waals surface area contributed by atoms with Gasteiger partial charge in [-0.15, -0.1) is 11.3 Å².